The maximum atomic E-state index is 13.9. The quantitative estimate of drug-likeness (QED) is 0.411. The standard InChI is InChI=1S/C30H37N5O4/c1-30(2,3)27(35-18-24(32-33-35)21-11-12-21)29(39)34-17-23(36)15-25(34)28(38)31-16-26(37)22-13-9-20(10-14-22)19-7-5-4-6-8-19/h4-10,13-14,18,21,23,25-27,36-37H,11-12,15-17H2,1-3H3,(H,31,38)/t23-,25+,26?,27-/m1/s1. The Hall–Kier alpha value is -3.56. The van der Waals surface area contributed by atoms with Gasteiger partial charge in [0.1, 0.15) is 12.1 Å². The molecule has 1 unspecified atom stereocenters. The first kappa shape index (κ1) is 27.0. The average molecular weight is 532 g/mol. The third kappa shape index (κ3) is 6.04. The minimum atomic E-state index is -0.910. The highest BCUT2D eigenvalue weighted by Crippen LogP contribution is 2.40. The normalized spacial score (nSPS) is 21.0. The molecule has 2 heterocycles. The molecule has 0 spiro atoms. The van der Waals surface area contributed by atoms with Crippen molar-refractivity contribution < 1.29 is 19.8 Å². The average Bonchev–Trinajstić information content (AvgIpc) is 3.53. The van der Waals surface area contributed by atoms with E-state index in [4.69, 9.17) is 0 Å². The summed E-state index contributed by atoms with van der Waals surface area (Å²) in [6.45, 7) is 5.92. The zero-order chi connectivity index (χ0) is 27.7. The van der Waals surface area contributed by atoms with E-state index in [9.17, 15) is 19.8 Å². The number of amides is 2. The van der Waals surface area contributed by atoms with E-state index < -0.39 is 35.6 Å². The van der Waals surface area contributed by atoms with Crippen LogP contribution in [0.15, 0.2) is 60.8 Å². The van der Waals surface area contributed by atoms with Crippen molar-refractivity contribution in [3.63, 3.8) is 0 Å². The molecule has 1 saturated heterocycles. The van der Waals surface area contributed by atoms with Crippen LogP contribution in [0.4, 0.5) is 0 Å². The number of aliphatic hydroxyl groups is 2. The SMILES string of the molecule is CC(C)(C)[C@@H](C(=O)N1C[C@H](O)C[C@H]1C(=O)NCC(O)c1ccc(-c2ccccc2)cc1)n1cc(C2CC2)nn1. The van der Waals surface area contributed by atoms with Crippen LogP contribution in [0.3, 0.4) is 0 Å². The Morgan fingerprint density at radius 1 is 1.05 bits per heavy atom. The molecule has 3 aromatic rings. The van der Waals surface area contributed by atoms with E-state index in [0.29, 0.717) is 11.5 Å². The number of nitrogens with zero attached hydrogens (tertiary/aromatic N) is 4. The number of nitrogens with one attached hydrogen (secondary N) is 1. The van der Waals surface area contributed by atoms with Crippen molar-refractivity contribution in [2.75, 3.05) is 13.1 Å². The largest absolute Gasteiger partial charge is 0.391 e. The summed E-state index contributed by atoms with van der Waals surface area (Å²) in [7, 11) is 0. The number of carbonyl (C=O) groups excluding carboxylic acids is 2. The van der Waals surface area contributed by atoms with Crippen molar-refractivity contribution in [2.45, 2.75) is 70.2 Å². The Bertz CT molecular complexity index is 1300. The van der Waals surface area contributed by atoms with E-state index in [-0.39, 0.29) is 25.4 Å². The second-order valence-electron chi connectivity index (χ2n) is 11.8. The van der Waals surface area contributed by atoms with Crippen LogP contribution in [0, 0.1) is 5.41 Å². The highest BCUT2D eigenvalue weighted by Gasteiger charge is 2.45. The molecule has 1 aromatic heterocycles. The molecule has 2 amide bonds. The highest BCUT2D eigenvalue weighted by atomic mass is 16.3. The first-order chi connectivity index (χ1) is 18.6. The summed E-state index contributed by atoms with van der Waals surface area (Å²) in [6.07, 6.45) is 2.42. The molecule has 206 valence electrons. The minimum Gasteiger partial charge on any atom is -0.391 e. The van der Waals surface area contributed by atoms with Gasteiger partial charge in [-0.05, 0) is 34.9 Å². The van der Waals surface area contributed by atoms with Crippen molar-refractivity contribution in [1.29, 1.82) is 0 Å². The molecule has 2 aliphatic rings. The second kappa shape index (κ2) is 10.9. The zero-order valence-corrected chi connectivity index (χ0v) is 22.7. The molecule has 9 nitrogen and oxygen atoms in total. The van der Waals surface area contributed by atoms with E-state index in [2.05, 4.69) is 15.6 Å². The van der Waals surface area contributed by atoms with Gasteiger partial charge in [0.2, 0.25) is 11.8 Å². The molecule has 4 atom stereocenters. The molecule has 5 rings (SSSR count). The topological polar surface area (TPSA) is 121 Å². The minimum absolute atomic E-state index is 0.00529. The number of benzene rings is 2. The van der Waals surface area contributed by atoms with Crippen LogP contribution >= 0.6 is 0 Å². The molecule has 2 fully saturated rings. The number of hydrogen-bond acceptors (Lipinski definition) is 6. The van der Waals surface area contributed by atoms with E-state index in [1.165, 1.54) is 4.90 Å². The van der Waals surface area contributed by atoms with Gasteiger partial charge in [0.05, 0.1) is 17.9 Å². The molecule has 1 aliphatic carbocycles. The second-order valence-corrected chi connectivity index (χ2v) is 11.8. The van der Waals surface area contributed by atoms with Crippen LogP contribution in [-0.4, -0.2) is 67.2 Å². The van der Waals surface area contributed by atoms with Crippen molar-refractivity contribution in [3.8, 4) is 11.1 Å². The van der Waals surface area contributed by atoms with Crippen LogP contribution in [0.1, 0.15) is 69.4 Å². The molecular formula is C30H37N5O4. The lowest BCUT2D eigenvalue weighted by Gasteiger charge is -2.34. The fourth-order valence-electron chi connectivity index (χ4n) is 5.29. The first-order valence-corrected chi connectivity index (χ1v) is 13.6. The van der Waals surface area contributed by atoms with E-state index in [1.54, 1.807) is 4.68 Å². The number of aliphatic hydroxyl groups excluding tert-OH is 2. The number of hydrogen-bond donors (Lipinski definition) is 3. The van der Waals surface area contributed by atoms with Crippen molar-refractivity contribution in [1.82, 2.24) is 25.2 Å². The smallest absolute Gasteiger partial charge is 0.248 e. The van der Waals surface area contributed by atoms with Gasteiger partial charge in [-0.2, -0.15) is 0 Å². The van der Waals surface area contributed by atoms with Crippen LogP contribution in [0.25, 0.3) is 11.1 Å². The summed E-state index contributed by atoms with van der Waals surface area (Å²) < 4.78 is 1.61. The lowest BCUT2D eigenvalue weighted by molar-refractivity contribution is -0.144. The Labute approximate surface area is 228 Å². The predicted octanol–water partition coefficient (Wildman–Crippen LogP) is 3.22. The third-order valence-electron chi connectivity index (χ3n) is 7.58. The number of aromatic nitrogens is 3. The molecular weight excluding hydrogens is 494 g/mol. The Balaban J connectivity index is 1.25. The van der Waals surface area contributed by atoms with Crippen LogP contribution < -0.4 is 5.32 Å². The van der Waals surface area contributed by atoms with Crippen LogP contribution in [0.5, 0.6) is 0 Å². The first-order valence-electron chi connectivity index (χ1n) is 13.6. The molecule has 0 radical (unpaired) electrons. The molecule has 1 aliphatic heterocycles. The van der Waals surface area contributed by atoms with Gasteiger partial charge in [-0.3, -0.25) is 9.59 Å². The summed E-state index contributed by atoms with van der Waals surface area (Å²) in [5, 5.41) is 32.5. The van der Waals surface area contributed by atoms with Gasteiger partial charge in [0, 0.05) is 31.6 Å². The van der Waals surface area contributed by atoms with E-state index in [0.717, 1.165) is 29.7 Å². The molecule has 3 N–H and O–H groups in total. The monoisotopic (exact) mass is 531 g/mol. The van der Waals surface area contributed by atoms with Gasteiger partial charge in [-0.1, -0.05) is 80.6 Å². The third-order valence-corrected chi connectivity index (χ3v) is 7.58. The lowest BCUT2D eigenvalue weighted by atomic mass is 9.85. The van der Waals surface area contributed by atoms with Gasteiger partial charge in [0.25, 0.3) is 0 Å². The Morgan fingerprint density at radius 3 is 2.36 bits per heavy atom. The van der Waals surface area contributed by atoms with Gasteiger partial charge in [-0.25, -0.2) is 4.68 Å². The Kier molecular flexibility index (Phi) is 7.55. The lowest BCUT2D eigenvalue weighted by Crippen LogP contribution is -2.50. The zero-order valence-electron chi connectivity index (χ0n) is 22.7. The number of likely N-dealkylation sites (tertiary alicyclic amines) is 1. The van der Waals surface area contributed by atoms with Crippen LogP contribution in [0.2, 0.25) is 0 Å². The maximum Gasteiger partial charge on any atom is 0.248 e. The number of carbonyl (C=O) groups is 2. The van der Waals surface area contributed by atoms with Crippen molar-refractivity contribution >= 4 is 11.8 Å². The molecule has 39 heavy (non-hydrogen) atoms. The predicted molar refractivity (Wildman–Crippen MR) is 146 cm³/mol. The molecule has 1 saturated carbocycles. The highest BCUT2D eigenvalue weighted by molar-refractivity contribution is 5.90. The fraction of sp³-hybridized carbons (Fsp3) is 0.467. The van der Waals surface area contributed by atoms with Crippen molar-refractivity contribution in [2.24, 2.45) is 5.41 Å². The number of rotatable bonds is 8. The Morgan fingerprint density at radius 2 is 1.72 bits per heavy atom. The van der Waals surface area contributed by atoms with Gasteiger partial charge in [0.15, 0.2) is 0 Å². The van der Waals surface area contributed by atoms with Crippen molar-refractivity contribution in [3.05, 3.63) is 72.1 Å². The van der Waals surface area contributed by atoms with Gasteiger partial charge in [-0.15, -0.1) is 5.10 Å². The number of β-amino-alcohol motifs (C(OH)–C–C–N with tert-alkyl or cyclic N) is 1. The molecule has 0 bridgehead atoms. The van der Waals surface area contributed by atoms with Gasteiger partial charge >= 0.3 is 0 Å². The van der Waals surface area contributed by atoms with E-state index in [1.807, 2.05) is 81.6 Å². The summed E-state index contributed by atoms with van der Waals surface area (Å²) in [5.41, 5.74) is 3.19. The maximum absolute atomic E-state index is 13.9. The van der Waals surface area contributed by atoms with E-state index >= 15 is 0 Å². The van der Waals surface area contributed by atoms with Crippen LogP contribution in [-0.2, 0) is 9.59 Å². The molecule has 9 heteroatoms. The molecule has 2 aromatic carbocycles. The summed E-state index contributed by atoms with van der Waals surface area (Å²) in [4.78, 5) is 28.5. The summed E-state index contributed by atoms with van der Waals surface area (Å²) in [6, 6.07) is 16.0. The van der Waals surface area contributed by atoms with Gasteiger partial charge < -0.3 is 20.4 Å². The summed E-state index contributed by atoms with van der Waals surface area (Å²) >= 11 is 0. The fourth-order valence-corrected chi connectivity index (χ4v) is 5.29. The summed E-state index contributed by atoms with van der Waals surface area (Å²) in [5.74, 6) is -0.268.